The van der Waals surface area contributed by atoms with Gasteiger partial charge in [0, 0.05) is 42.8 Å². The molecule has 9 heteroatoms. The molecule has 0 bridgehead atoms. The van der Waals surface area contributed by atoms with E-state index in [9.17, 15) is 18.0 Å². The molecule has 2 amide bonds. The molecule has 0 radical (unpaired) electrons. The number of benzene rings is 2. The van der Waals surface area contributed by atoms with E-state index < -0.39 is 10.0 Å². The SMILES string of the molecule is CCC(=O)N1CCc2cc(Br)c(S(=O)(=O)N3CCCC(C(=O)NCCc4ccccc4)C3)cc21. The van der Waals surface area contributed by atoms with E-state index in [1.54, 1.807) is 17.9 Å². The molecule has 0 spiro atoms. The minimum absolute atomic E-state index is 0.0189. The third-order valence-corrected chi connectivity index (χ3v) is 9.38. The van der Waals surface area contributed by atoms with Gasteiger partial charge in [0.05, 0.1) is 10.8 Å². The number of rotatable bonds is 7. The van der Waals surface area contributed by atoms with Crippen molar-refractivity contribution >= 4 is 43.5 Å². The predicted molar refractivity (Wildman–Crippen MR) is 135 cm³/mol. The van der Waals surface area contributed by atoms with Crippen LogP contribution in [-0.4, -0.2) is 50.7 Å². The van der Waals surface area contributed by atoms with Crippen molar-refractivity contribution in [2.75, 3.05) is 31.1 Å². The van der Waals surface area contributed by atoms with E-state index in [1.165, 1.54) is 4.31 Å². The lowest BCUT2D eigenvalue weighted by atomic mass is 9.99. The van der Waals surface area contributed by atoms with Crippen LogP contribution in [-0.2, 0) is 32.5 Å². The fourth-order valence-electron chi connectivity index (χ4n) is 4.67. The highest BCUT2D eigenvalue weighted by Crippen LogP contribution is 2.37. The van der Waals surface area contributed by atoms with Crippen LogP contribution in [0.5, 0.6) is 0 Å². The zero-order valence-electron chi connectivity index (χ0n) is 19.3. The van der Waals surface area contributed by atoms with Crippen molar-refractivity contribution in [3.8, 4) is 0 Å². The Morgan fingerprint density at radius 3 is 2.65 bits per heavy atom. The summed E-state index contributed by atoms with van der Waals surface area (Å²) >= 11 is 3.44. The summed E-state index contributed by atoms with van der Waals surface area (Å²) in [7, 11) is -3.83. The van der Waals surface area contributed by atoms with Crippen molar-refractivity contribution in [1.29, 1.82) is 0 Å². The lowest BCUT2D eigenvalue weighted by Crippen LogP contribution is -2.45. The second-order valence-corrected chi connectivity index (χ2v) is 11.5. The number of carbonyl (C=O) groups excluding carboxylic acids is 2. The molecule has 1 unspecified atom stereocenters. The number of piperidine rings is 1. The smallest absolute Gasteiger partial charge is 0.244 e. The molecule has 7 nitrogen and oxygen atoms in total. The Labute approximate surface area is 209 Å². The summed E-state index contributed by atoms with van der Waals surface area (Å²) in [5, 5.41) is 2.97. The molecular formula is C25H30BrN3O4S. The van der Waals surface area contributed by atoms with Crippen LogP contribution in [0.1, 0.15) is 37.3 Å². The molecule has 2 aromatic rings. The molecule has 2 aliphatic heterocycles. The van der Waals surface area contributed by atoms with E-state index in [0.29, 0.717) is 55.5 Å². The largest absolute Gasteiger partial charge is 0.355 e. The van der Waals surface area contributed by atoms with Gasteiger partial charge in [-0.15, -0.1) is 0 Å². The van der Waals surface area contributed by atoms with Crippen LogP contribution in [0.15, 0.2) is 51.8 Å². The van der Waals surface area contributed by atoms with Crippen molar-refractivity contribution in [1.82, 2.24) is 9.62 Å². The Morgan fingerprint density at radius 2 is 1.91 bits per heavy atom. The van der Waals surface area contributed by atoms with Gasteiger partial charge in [0.15, 0.2) is 0 Å². The van der Waals surface area contributed by atoms with Gasteiger partial charge in [0.1, 0.15) is 0 Å². The number of hydrogen-bond acceptors (Lipinski definition) is 4. The first kappa shape index (κ1) is 24.9. The van der Waals surface area contributed by atoms with Crippen LogP contribution < -0.4 is 10.2 Å². The topological polar surface area (TPSA) is 86.8 Å². The first-order valence-electron chi connectivity index (χ1n) is 11.8. The molecule has 1 saturated heterocycles. The number of anilines is 1. The molecule has 4 rings (SSSR count). The third kappa shape index (κ3) is 5.21. The summed E-state index contributed by atoms with van der Waals surface area (Å²) in [4.78, 5) is 26.9. The molecule has 1 fully saturated rings. The number of fused-ring (bicyclic) bond motifs is 1. The molecule has 1 atom stereocenters. The van der Waals surface area contributed by atoms with Gasteiger partial charge in [-0.1, -0.05) is 37.3 Å². The standard InChI is InChI=1S/C25H30BrN3O4S/c1-2-24(30)29-14-11-19-15-21(26)23(16-22(19)29)34(32,33)28-13-6-9-20(17-28)25(31)27-12-10-18-7-4-3-5-8-18/h3-5,7-8,15-16,20H,2,6,9-14,17H2,1H3,(H,27,31). The number of hydrogen-bond donors (Lipinski definition) is 1. The minimum atomic E-state index is -3.83. The van der Waals surface area contributed by atoms with E-state index in [2.05, 4.69) is 21.2 Å². The Hall–Kier alpha value is -2.23. The van der Waals surface area contributed by atoms with E-state index in [1.807, 2.05) is 36.4 Å². The number of halogens is 1. The summed E-state index contributed by atoms with van der Waals surface area (Å²) in [6.45, 7) is 3.41. The molecule has 0 saturated carbocycles. The van der Waals surface area contributed by atoms with Gasteiger partial charge < -0.3 is 10.2 Å². The van der Waals surface area contributed by atoms with Crippen molar-refractivity contribution in [2.45, 2.75) is 43.9 Å². The fourth-order valence-corrected chi connectivity index (χ4v) is 7.26. The van der Waals surface area contributed by atoms with Crippen molar-refractivity contribution < 1.29 is 18.0 Å². The van der Waals surface area contributed by atoms with Crippen LogP contribution in [0.4, 0.5) is 5.69 Å². The normalized spacial score (nSPS) is 18.5. The Morgan fingerprint density at radius 1 is 1.15 bits per heavy atom. The monoisotopic (exact) mass is 547 g/mol. The number of nitrogens with zero attached hydrogens (tertiary/aromatic N) is 2. The van der Waals surface area contributed by atoms with Crippen LogP contribution in [0, 0.1) is 5.92 Å². The molecular weight excluding hydrogens is 518 g/mol. The Kier molecular flexibility index (Phi) is 7.74. The molecule has 0 aromatic heterocycles. The van der Waals surface area contributed by atoms with Crippen LogP contribution in [0.3, 0.4) is 0 Å². The van der Waals surface area contributed by atoms with Gasteiger partial charge in [-0.05, 0) is 64.9 Å². The highest BCUT2D eigenvalue weighted by atomic mass is 79.9. The quantitative estimate of drug-likeness (QED) is 0.574. The van der Waals surface area contributed by atoms with Gasteiger partial charge in [0.2, 0.25) is 21.8 Å². The molecule has 182 valence electrons. The van der Waals surface area contributed by atoms with Gasteiger partial charge >= 0.3 is 0 Å². The van der Waals surface area contributed by atoms with Gasteiger partial charge in [0.25, 0.3) is 0 Å². The summed E-state index contributed by atoms with van der Waals surface area (Å²) in [6.07, 6.45) is 3.09. The second kappa shape index (κ2) is 10.6. The molecule has 2 aliphatic rings. The van der Waals surface area contributed by atoms with Crippen molar-refractivity contribution in [3.63, 3.8) is 0 Å². The van der Waals surface area contributed by atoms with Crippen LogP contribution >= 0.6 is 15.9 Å². The van der Waals surface area contributed by atoms with Crippen molar-refractivity contribution in [2.24, 2.45) is 5.92 Å². The number of carbonyl (C=O) groups is 2. The lowest BCUT2D eigenvalue weighted by Gasteiger charge is -2.31. The summed E-state index contributed by atoms with van der Waals surface area (Å²) in [6, 6.07) is 13.3. The molecule has 2 aromatic carbocycles. The average Bonchev–Trinajstić information content (AvgIpc) is 3.26. The molecule has 2 heterocycles. The molecule has 0 aliphatic carbocycles. The molecule has 1 N–H and O–H groups in total. The summed E-state index contributed by atoms with van der Waals surface area (Å²) in [5.41, 5.74) is 2.77. The number of amides is 2. The van der Waals surface area contributed by atoms with E-state index >= 15 is 0 Å². The van der Waals surface area contributed by atoms with Crippen LogP contribution in [0.2, 0.25) is 0 Å². The first-order chi connectivity index (χ1) is 16.3. The van der Waals surface area contributed by atoms with E-state index in [-0.39, 0.29) is 29.2 Å². The van der Waals surface area contributed by atoms with E-state index in [4.69, 9.17) is 0 Å². The maximum Gasteiger partial charge on any atom is 0.244 e. The summed E-state index contributed by atoms with van der Waals surface area (Å²) < 4.78 is 29.1. The molecule has 34 heavy (non-hydrogen) atoms. The summed E-state index contributed by atoms with van der Waals surface area (Å²) in [5.74, 6) is -0.510. The highest BCUT2D eigenvalue weighted by Gasteiger charge is 2.36. The maximum absolute atomic E-state index is 13.6. The van der Waals surface area contributed by atoms with Crippen molar-refractivity contribution in [3.05, 3.63) is 58.1 Å². The maximum atomic E-state index is 13.6. The number of sulfonamides is 1. The third-order valence-electron chi connectivity index (χ3n) is 6.56. The average molecular weight is 549 g/mol. The van der Waals surface area contributed by atoms with E-state index in [0.717, 1.165) is 17.5 Å². The number of nitrogens with one attached hydrogen (secondary N) is 1. The second-order valence-electron chi connectivity index (χ2n) is 8.79. The Bertz CT molecular complexity index is 1170. The lowest BCUT2D eigenvalue weighted by molar-refractivity contribution is -0.126. The predicted octanol–water partition coefficient (Wildman–Crippen LogP) is 3.51. The zero-order valence-corrected chi connectivity index (χ0v) is 21.7. The minimum Gasteiger partial charge on any atom is -0.355 e. The Balaban J connectivity index is 1.46. The zero-order chi connectivity index (χ0) is 24.3. The van der Waals surface area contributed by atoms with Gasteiger partial charge in [-0.2, -0.15) is 4.31 Å². The van der Waals surface area contributed by atoms with Gasteiger partial charge in [-0.3, -0.25) is 9.59 Å². The van der Waals surface area contributed by atoms with Crippen LogP contribution in [0.25, 0.3) is 0 Å². The van der Waals surface area contributed by atoms with Gasteiger partial charge in [-0.25, -0.2) is 8.42 Å². The fraction of sp³-hybridized carbons (Fsp3) is 0.440. The highest BCUT2D eigenvalue weighted by molar-refractivity contribution is 9.10. The first-order valence-corrected chi connectivity index (χ1v) is 14.0.